The van der Waals surface area contributed by atoms with Crippen LogP contribution in [0.15, 0.2) is 59.5 Å². The summed E-state index contributed by atoms with van der Waals surface area (Å²) in [7, 11) is 1.30. The number of carbonyl (C=O) groups excluding carboxylic acids is 2. The molecule has 9 nitrogen and oxygen atoms in total. The summed E-state index contributed by atoms with van der Waals surface area (Å²) in [6, 6.07) is 11.5. The largest absolute Gasteiger partial charge is 0.472 e. The van der Waals surface area contributed by atoms with Crippen molar-refractivity contribution >= 4 is 11.9 Å². The molecule has 1 aliphatic heterocycles. The number of furan rings is 1. The normalized spacial score (nSPS) is 18.7. The third-order valence-electron chi connectivity index (χ3n) is 5.48. The first-order valence-corrected chi connectivity index (χ1v) is 10.2. The minimum Gasteiger partial charge on any atom is -0.472 e. The summed E-state index contributed by atoms with van der Waals surface area (Å²) in [5.41, 5.74) is 2.33. The number of nitrogens with one attached hydrogen (secondary N) is 1. The van der Waals surface area contributed by atoms with Crippen molar-refractivity contribution in [2.75, 3.05) is 20.2 Å². The number of rotatable bonds is 8. The summed E-state index contributed by atoms with van der Waals surface area (Å²) < 4.78 is 11.5. The van der Waals surface area contributed by atoms with Crippen molar-refractivity contribution in [2.24, 2.45) is 0 Å². The maximum absolute atomic E-state index is 13.0. The number of benzene rings is 1. The van der Waals surface area contributed by atoms with Gasteiger partial charge in [0.2, 0.25) is 5.91 Å². The van der Waals surface area contributed by atoms with E-state index < -0.39 is 5.97 Å². The Labute approximate surface area is 180 Å². The summed E-state index contributed by atoms with van der Waals surface area (Å²) in [6.45, 7) is 1.76. The Morgan fingerprint density at radius 3 is 2.81 bits per heavy atom. The zero-order valence-corrected chi connectivity index (χ0v) is 17.3. The molecule has 1 amide bonds. The number of hydrogen-bond acceptors (Lipinski definition) is 7. The van der Waals surface area contributed by atoms with Crippen molar-refractivity contribution in [1.29, 1.82) is 0 Å². The predicted octanol–water partition coefficient (Wildman–Crippen LogP) is 1.83. The van der Waals surface area contributed by atoms with E-state index in [4.69, 9.17) is 9.15 Å². The van der Waals surface area contributed by atoms with E-state index in [0.29, 0.717) is 26.1 Å². The van der Waals surface area contributed by atoms with Crippen LogP contribution in [-0.4, -0.2) is 58.0 Å². The van der Waals surface area contributed by atoms with Crippen LogP contribution in [0.3, 0.4) is 0 Å². The quantitative estimate of drug-likeness (QED) is 0.552. The van der Waals surface area contributed by atoms with Gasteiger partial charge in [-0.15, -0.1) is 5.10 Å². The molecule has 1 aromatic carbocycles. The highest BCUT2D eigenvalue weighted by Crippen LogP contribution is 2.29. The van der Waals surface area contributed by atoms with Gasteiger partial charge in [0, 0.05) is 25.2 Å². The Balaban J connectivity index is 1.43. The van der Waals surface area contributed by atoms with Crippen molar-refractivity contribution in [3.05, 3.63) is 71.9 Å². The van der Waals surface area contributed by atoms with Crippen molar-refractivity contribution in [3.8, 4) is 0 Å². The summed E-state index contributed by atoms with van der Waals surface area (Å²) in [4.78, 5) is 26.8. The second kappa shape index (κ2) is 9.57. The number of amides is 1. The second-order valence-electron chi connectivity index (χ2n) is 7.57. The second-order valence-corrected chi connectivity index (χ2v) is 7.57. The van der Waals surface area contributed by atoms with Gasteiger partial charge < -0.3 is 14.5 Å². The highest BCUT2D eigenvalue weighted by atomic mass is 16.5. The molecule has 162 valence electrons. The lowest BCUT2D eigenvalue weighted by atomic mass is 10.1. The van der Waals surface area contributed by atoms with Crippen LogP contribution >= 0.6 is 0 Å². The van der Waals surface area contributed by atoms with Crippen LogP contribution < -0.4 is 5.32 Å². The van der Waals surface area contributed by atoms with Crippen molar-refractivity contribution in [3.63, 3.8) is 0 Å². The molecule has 1 saturated heterocycles. The SMILES string of the molecule is COC(=O)c1cn([C@@H]2C[C@@H](C(=O)NCCc3ccccc3)N(Cc3ccoc3)C2)nn1. The number of hydrogen-bond donors (Lipinski definition) is 1. The van der Waals surface area contributed by atoms with Crippen molar-refractivity contribution in [1.82, 2.24) is 25.2 Å². The predicted molar refractivity (Wildman–Crippen MR) is 111 cm³/mol. The van der Waals surface area contributed by atoms with Crippen LogP contribution in [0, 0.1) is 0 Å². The van der Waals surface area contributed by atoms with Crippen LogP contribution in [0.5, 0.6) is 0 Å². The number of carbonyl (C=O) groups is 2. The number of aromatic nitrogens is 3. The van der Waals surface area contributed by atoms with E-state index in [1.165, 1.54) is 12.7 Å². The van der Waals surface area contributed by atoms with E-state index in [0.717, 1.165) is 12.0 Å². The molecular formula is C22H25N5O4. The maximum atomic E-state index is 13.0. The molecule has 3 heterocycles. The van der Waals surface area contributed by atoms with Gasteiger partial charge in [0.05, 0.1) is 37.9 Å². The molecule has 2 atom stereocenters. The molecule has 1 fully saturated rings. The van der Waals surface area contributed by atoms with Gasteiger partial charge in [0.15, 0.2) is 5.69 Å². The zero-order valence-electron chi connectivity index (χ0n) is 17.3. The van der Waals surface area contributed by atoms with E-state index in [2.05, 4.69) is 20.5 Å². The lowest BCUT2D eigenvalue weighted by molar-refractivity contribution is -0.125. The molecule has 3 aromatic rings. The molecule has 0 saturated carbocycles. The molecule has 0 bridgehead atoms. The van der Waals surface area contributed by atoms with Gasteiger partial charge in [-0.2, -0.15) is 0 Å². The third-order valence-corrected chi connectivity index (χ3v) is 5.48. The first kappa shape index (κ1) is 20.8. The lowest BCUT2D eigenvalue weighted by Crippen LogP contribution is -2.43. The smallest absolute Gasteiger partial charge is 0.360 e. The third kappa shape index (κ3) is 5.00. The minimum atomic E-state index is -0.533. The average molecular weight is 423 g/mol. The molecule has 0 aliphatic carbocycles. The molecule has 31 heavy (non-hydrogen) atoms. The number of esters is 1. The standard InChI is InChI=1S/C22H25N5O4/c1-30-22(29)19-14-27(25-24-19)18-11-20(26(13-18)12-17-8-10-31-15-17)21(28)23-9-7-16-5-3-2-4-6-16/h2-6,8,10,14-15,18,20H,7,9,11-13H2,1H3,(H,23,28)/t18-,20+/m1/s1. The molecule has 2 aromatic heterocycles. The van der Waals surface area contributed by atoms with Crippen LogP contribution in [0.1, 0.15) is 34.1 Å². The van der Waals surface area contributed by atoms with Crippen molar-refractivity contribution in [2.45, 2.75) is 31.5 Å². The van der Waals surface area contributed by atoms with Gasteiger partial charge in [0.1, 0.15) is 0 Å². The number of nitrogens with zero attached hydrogens (tertiary/aromatic N) is 4. The Morgan fingerprint density at radius 2 is 2.06 bits per heavy atom. The van der Waals surface area contributed by atoms with Gasteiger partial charge in [-0.3, -0.25) is 9.69 Å². The molecule has 0 unspecified atom stereocenters. The van der Waals surface area contributed by atoms with Crippen molar-refractivity contribution < 1.29 is 18.7 Å². The highest BCUT2D eigenvalue weighted by Gasteiger charge is 2.38. The molecule has 1 N–H and O–H groups in total. The summed E-state index contributed by atoms with van der Waals surface area (Å²) in [6.07, 6.45) is 6.22. The van der Waals surface area contributed by atoms with E-state index >= 15 is 0 Å². The Kier molecular flexibility index (Phi) is 6.42. The summed E-state index contributed by atoms with van der Waals surface area (Å²) >= 11 is 0. The summed E-state index contributed by atoms with van der Waals surface area (Å²) in [5, 5.41) is 11.0. The van der Waals surface area contributed by atoms with Gasteiger partial charge in [-0.1, -0.05) is 35.5 Å². The zero-order chi connectivity index (χ0) is 21.6. The van der Waals surface area contributed by atoms with Crippen LogP contribution in [0.4, 0.5) is 0 Å². The van der Waals surface area contributed by atoms with Gasteiger partial charge in [-0.25, -0.2) is 9.48 Å². The van der Waals surface area contributed by atoms with Crippen LogP contribution in [0.25, 0.3) is 0 Å². The Bertz CT molecular complexity index is 1000. The lowest BCUT2D eigenvalue weighted by Gasteiger charge is -2.22. The number of likely N-dealkylation sites (tertiary alicyclic amines) is 1. The van der Waals surface area contributed by atoms with Gasteiger partial charge >= 0.3 is 5.97 Å². The summed E-state index contributed by atoms with van der Waals surface area (Å²) in [5.74, 6) is -0.551. The van der Waals surface area contributed by atoms with E-state index in [1.54, 1.807) is 23.4 Å². The molecular weight excluding hydrogens is 398 g/mol. The molecule has 9 heteroatoms. The fraction of sp³-hybridized carbons (Fsp3) is 0.364. The van der Waals surface area contributed by atoms with E-state index in [-0.39, 0.29) is 23.7 Å². The van der Waals surface area contributed by atoms with Gasteiger partial charge in [0.25, 0.3) is 0 Å². The van der Waals surface area contributed by atoms with Gasteiger partial charge in [-0.05, 0) is 24.5 Å². The van der Waals surface area contributed by atoms with E-state index in [1.807, 2.05) is 36.4 Å². The molecule has 0 radical (unpaired) electrons. The highest BCUT2D eigenvalue weighted by molar-refractivity contribution is 5.86. The Hall–Kier alpha value is -3.46. The fourth-order valence-electron chi connectivity index (χ4n) is 3.88. The minimum absolute atomic E-state index is 0.0183. The maximum Gasteiger partial charge on any atom is 0.360 e. The number of methoxy groups -OCH3 is 1. The topological polar surface area (TPSA) is 102 Å². The molecule has 1 aliphatic rings. The fourth-order valence-corrected chi connectivity index (χ4v) is 3.88. The monoisotopic (exact) mass is 423 g/mol. The number of ether oxygens (including phenoxy) is 1. The first-order chi connectivity index (χ1) is 15.1. The Morgan fingerprint density at radius 1 is 1.23 bits per heavy atom. The van der Waals surface area contributed by atoms with E-state index in [9.17, 15) is 9.59 Å². The molecule has 4 rings (SSSR count). The van der Waals surface area contributed by atoms with Crippen LogP contribution in [-0.2, 0) is 22.5 Å². The first-order valence-electron chi connectivity index (χ1n) is 10.2. The molecule has 0 spiro atoms. The van der Waals surface area contributed by atoms with Crippen LogP contribution in [0.2, 0.25) is 0 Å². The average Bonchev–Trinajstić information content (AvgIpc) is 3.55.